The van der Waals surface area contributed by atoms with Crippen molar-refractivity contribution in [2.24, 2.45) is 0 Å². The highest BCUT2D eigenvalue weighted by atomic mass is 16.3. The smallest absolute Gasteiger partial charge is 0.124 e. The number of fused-ring (bicyclic) bond motifs is 3. The van der Waals surface area contributed by atoms with Crippen LogP contribution in [0.3, 0.4) is 0 Å². The van der Waals surface area contributed by atoms with Gasteiger partial charge in [-0.3, -0.25) is 0 Å². The summed E-state index contributed by atoms with van der Waals surface area (Å²) >= 11 is 0. The molecule has 6 rings (SSSR count). The Bertz CT molecular complexity index is 1750. The molecule has 0 atom stereocenters. The van der Waals surface area contributed by atoms with Crippen LogP contribution in [-0.4, -0.2) is 20.4 Å². The third-order valence-corrected chi connectivity index (χ3v) is 6.45. The summed E-state index contributed by atoms with van der Waals surface area (Å²) in [5.41, 5.74) is 2.52. The molecule has 6 aromatic carbocycles. The Balaban J connectivity index is 1.73. The van der Waals surface area contributed by atoms with Crippen molar-refractivity contribution in [1.82, 2.24) is 0 Å². The van der Waals surface area contributed by atoms with Crippen molar-refractivity contribution in [3.05, 3.63) is 97.1 Å². The van der Waals surface area contributed by atoms with E-state index in [2.05, 4.69) is 0 Å². The van der Waals surface area contributed by atoms with Crippen molar-refractivity contribution in [2.45, 2.75) is 0 Å². The minimum absolute atomic E-state index is 0.0272. The zero-order valence-corrected chi connectivity index (χ0v) is 18.0. The number of benzene rings is 6. The molecule has 0 fully saturated rings. The molecular weight excluding hydrogens is 424 g/mol. The molecule has 0 radical (unpaired) electrons. The summed E-state index contributed by atoms with van der Waals surface area (Å²) in [6, 6.07) is 28.9. The second-order valence-corrected chi connectivity index (χ2v) is 8.41. The normalized spacial score (nSPS) is 11.4. The van der Waals surface area contributed by atoms with Crippen molar-refractivity contribution in [3.8, 4) is 45.3 Å². The fourth-order valence-electron chi connectivity index (χ4n) is 4.94. The van der Waals surface area contributed by atoms with Crippen LogP contribution in [0.25, 0.3) is 54.6 Å². The third-order valence-electron chi connectivity index (χ3n) is 6.45. The minimum Gasteiger partial charge on any atom is -0.508 e. The van der Waals surface area contributed by atoms with Gasteiger partial charge in [-0.2, -0.15) is 0 Å². The van der Waals surface area contributed by atoms with Gasteiger partial charge in [-0.05, 0) is 74.3 Å². The number of hydrogen-bond acceptors (Lipinski definition) is 4. The molecule has 0 bridgehead atoms. The van der Waals surface area contributed by atoms with Gasteiger partial charge in [-0.1, -0.05) is 60.7 Å². The molecular formula is C30H20O4. The molecule has 0 aromatic heterocycles. The van der Waals surface area contributed by atoms with E-state index < -0.39 is 0 Å². The van der Waals surface area contributed by atoms with E-state index in [1.165, 1.54) is 0 Å². The molecule has 0 aliphatic heterocycles. The Morgan fingerprint density at radius 3 is 1.79 bits per heavy atom. The monoisotopic (exact) mass is 444 g/mol. The van der Waals surface area contributed by atoms with Crippen LogP contribution in [0.4, 0.5) is 0 Å². The van der Waals surface area contributed by atoms with E-state index in [1.807, 2.05) is 54.6 Å². The van der Waals surface area contributed by atoms with Crippen LogP contribution in [0.15, 0.2) is 97.1 Å². The Kier molecular flexibility index (Phi) is 4.36. The highest BCUT2D eigenvalue weighted by molar-refractivity contribution is 6.15. The molecule has 0 saturated carbocycles. The zero-order valence-electron chi connectivity index (χ0n) is 18.0. The predicted molar refractivity (Wildman–Crippen MR) is 136 cm³/mol. The van der Waals surface area contributed by atoms with E-state index in [-0.39, 0.29) is 23.0 Å². The van der Waals surface area contributed by atoms with Crippen LogP contribution >= 0.6 is 0 Å². The van der Waals surface area contributed by atoms with Gasteiger partial charge in [0.1, 0.15) is 23.0 Å². The maximum atomic E-state index is 11.0. The molecule has 4 heteroatoms. The largest absolute Gasteiger partial charge is 0.508 e. The van der Waals surface area contributed by atoms with E-state index in [0.29, 0.717) is 22.1 Å². The van der Waals surface area contributed by atoms with Gasteiger partial charge in [0, 0.05) is 16.7 Å². The fourth-order valence-corrected chi connectivity index (χ4v) is 4.94. The van der Waals surface area contributed by atoms with Crippen molar-refractivity contribution >= 4 is 32.3 Å². The first-order valence-electron chi connectivity index (χ1n) is 10.9. The summed E-state index contributed by atoms with van der Waals surface area (Å²) in [7, 11) is 0. The molecule has 4 N–H and O–H groups in total. The Morgan fingerprint density at radius 1 is 0.382 bits per heavy atom. The zero-order chi connectivity index (χ0) is 23.4. The lowest BCUT2D eigenvalue weighted by molar-refractivity contribution is 0.470. The number of rotatable bonds is 2. The van der Waals surface area contributed by atoms with E-state index in [0.717, 1.165) is 32.5 Å². The molecule has 0 saturated heterocycles. The Morgan fingerprint density at radius 2 is 0.971 bits per heavy atom. The fraction of sp³-hybridized carbons (Fsp3) is 0. The molecule has 6 aromatic rings. The standard InChI is InChI=1S/C30H20O4/c31-19-10-11-21-18(16-19)9-14-26(33)29(21)30-24-7-3-6-23(22(24)12-15-27(30)34)28-20-5-2-1-4-17(20)8-13-25(28)32/h1-16,31-34H. The Labute approximate surface area is 195 Å². The molecule has 0 aliphatic carbocycles. The van der Waals surface area contributed by atoms with Gasteiger partial charge in [0.25, 0.3) is 0 Å². The van der Waals surface area contributed by atoms with Crippen LogP contribution in [0.2, 0.25) is 0 Å². The van der Waals surface area contributed by atoms with E-state index >= 15 is 0 Å². The van der Waals surface area contributed by atoms with Crippen molar-refractivity contribution in [3.63, 3.8) is 0 Å². The second-order valence-electron chi connectivity index (χ2n) is 8.41. The summed E-state index contributed by atoms with van der Waals surface area (Å²) in [6.45, 7) is 0. The minimum atomic E-state index is 0.0272. The van der Waals surface area contributed by atoms with Crippen LogP contribution in [0.5, 0.6) is 23.0 Å². The number of phenols is 4. The Hall–Kier alpha value is -4.70. The van der Waals surface area contributed by atoms with Gasteiger partial charge in [0.2, 0.25) is 0 Å². The summed E-state index contributed by atoms with van der Waals surface area (Å²) < 4.78 is 0. The summed E-state index contributed by atoms with van der Waals surface area (Å²) in [5.74, 6) is 0.353. The van der Waals surface area contributed by atoms with Crippen molar-refractivity contribution in [1.29, 1.82) is 0 Å². The van der Waals surface area contributed by atoms with Gasteiger partial charge in [0.15, 0.2) is 0 Å². The second kappa shape index (κ2) is 7.42. The lowest BCUT2D eigenvalue weighted by Crippen LogP contribution is -1.90. The van der Waals surface area contributed by atoms with Crippen LogP contribution in [0, 0.1) is 0 Å². The van der Waals surface area contributed by atoms with Gasteiger partial charge in [-0.15, -0.1) is 0 Å². The van der Waals surface area contributed by atoms with E-state index in [9.17, 15) is 20.4 Å². The average molecular weight is 444 g/mol. The average Bonchev–Trinajstić information content (AvgIpc) is 2.84. The highest BCUT2D eigenvalue weighted by Crippen LogP contribution is 2.48. The maximum Gasteiger partial charge on any atom is 0.124 e. The summed E-state index contributed by atoms with van der Waals surface area (Å²) in [6.07, 6.45) is 0. The maximum absolute atomic E-state index is 11.0. The topological polar surface area (TPSA) is 80.9 Å². The van der Waals surface area contributed by atoms with E-state index in [4.69, 9.17) is 0 Å². The first kappa shape index (κ1) is 19.9. The van der Waals surface area contributed by atoms with Crippen LogP contribution < -0.4 is 0 Å². The molecule has 0 spiro atoms. The molecule has 164 valence electrons. The predicted octanol–water partition coefficient (Wildman–Crippen LogP) is 7.30. The quantitative estimate of drug-likeness (QED) is 0.226. The molecule has 0 aliphatic rings. The molecule has 0 unspecified atom stereocenters. The first-order valence-corrected chi connectivity index (χ1v) is 10.9. The van der Waals surface area contributed by atoms with Gasteiger partial charge in [0.05, 0.1) is 0 Å². The van der Waals surface area contributed by atoms with Crippen LogP contribution in [0.1, 0.15) is 0 Å². The SMILES string of the molecule is Oc1ccc2c(-c3c(O)ccc4c(-c5c(O)ccc6ccccc56)cccc34)c(O)ccc2c1. The molecule has 34 heavy (non-hydrogen) atoms. The van der Waals surface area contributed by atoms with Crippen molar-refractivity contribution in [2.75, 3.05) is 0 Å². The number of hydrogen-bond donors (Lipinski definition) is 4. The summed E-state index contributed by atoms with van der Waals surface area (Å²) in [5, 5.41) is 47.6. The molecule has 0 amide bonds. The first-order chi connectivity index (χ1) is 16.5. The van der Waals surface area contributed by atoms with E-state index in [1.54, 1.807) is 42.5 Å². The molecule has 0 heterocycles. The lowest BCUT2D eigenvalue weighted by atomic mass is 9.88. The number of phenolic OH excluding ortho intramolecular Hbond substituents is 4. The third kappa shape index (κ3) is 2.93. The van der Waals surface area contributed by atoms with Crippen molar-refractivity contribution < 1.29 is 20.4 Å². The van der Waals surface area contributed by atoms with Crippen LogP contribution in [-0.2, 0) is 0 Å². The van der Waals surface area contributed by atoms with Gasteiger partial charge < -0.3 is 20.4 Å². The van der Waals surface area contributed by atoms with Gasteiger partial charge in [-0.25, -0.2) is 0 Å². The molecule has 4 nitrogen and oxygen atoms in total. The van der Waals surface area contributed by atoms with Gasteiger partial charge >= 0.3 is 0 Å². The number of aromatic hydroxyl groups is 4. The highest BCUT2D eigenvalue weighted by Gasteiger charge is 2.20. The summed E-state index contributed by atoms with van der Waals surface area (Å²) in [4.78, 5) is 0. The lowest BCUT2D eigenvalue weighted by Gasteiger charge is -2.17.